The zero-order chi connectivity index (χ0) is 15.4. The molecule has 0 amide bonds. The highest BCUT2D eigenvalue weighted by Crippen LogP contribution is 2.22. The van der Waals surface area contributed by atoms with Crippen molar-refractivity contribution in [2.75, 3.05) is 12.4 Å². The summed E-state index contributed by atoms with van der Waals surface area (Å²) in [5.74, 6) is -0.321. The minimum absolute atomic E-state index is 0.321. The van der Waals surface area contributed by atoms with Crippen molar-refractivity contribution in [2.24, 2.45) is 0 Å². The molecule has 0 radical (unpaired) electrons. The summed E-state index contributed by atoms with van der Waals surface area (Å²) in [6, 6.07) is 11.4. The van der Waals surface area contributed by atoms with Crippen LogP contribution in [0.2, 0.25) is 5.02 Å². The van der Waals surface area contributed by atoms with Gasteiger partial charge in [-0.1, -0.05) is 23.7 Å². The van der Waals surface area contributed by atoms with Crippen LogP contribution in [-0.2, 0) is 11.3 Å². The van der Waals surface area contributed by atoms with Gasteiger partial charge in [0.1, 0.15) is 0 Å². The Bertz CT molecular complexity index is 668. The summed E-state index contributed by atoms with van der Waals surface area (Å²) in [6.07, 6.45) is 0. The molecule has 0 aliphatic carbocycles. The normalized spacial score (nSPS) is 10.3. The molecule has 21 heavy (non-hydrogen) atoms. The molecule has 4 heteroatoms. The number of hydrogen-bond acceptors (Lipinski definition) is 3. The van der Waals surface area contributed by atoms with E-state index in [1.54, 1.807) is 6.07 Å². The summed E-state index contributed by atoms with van der Waals surface area (Å²) >= 11 is 5.96. The van der Waals surface area contributed by atoms with E-state index in [0.29, 0.717) is 12.1 Å². The quantitative estimate of drug-likeness (QED) is 0.853. The zero-order valence-corrected chi connectivity index (χ0v) is 13.1. The Kier molecular flexibility index (Phi) is 4.86. The van der Waals surface area contributed by atoms with Crippen LogP contribution in [0.15, 0.2) is 36.4 Å². The molecule has 110 valence electrons. The molecule has 0 atom stereocenters. The molecule has 2 aromatic carbocycles. The fraction of sp³-hybridized carbons (Fsp3) is 0.235. The van der Waals surface area contributed by atoms with Crippen LogP contribution in [0.3, 0.4) is 0 Å². The van der Waals surface area contributed by atoms with Crippen LogP contribution in [0, 0.1) is 13.8 Å². The Hall–Kier alpha value is -2.00. The Morgan fingerprint density at radius 1 is 1.24 bits per heavy atom. The van der Waals surface area contributed by atoms with Crippen molar-refractivity contribution >= 4 is 23.3 Å². The standard InChI is InChI=1S/C17H18ClNO2/c1-11-9-14(18)8-7-13(11)10-19-16-6-4-5-15(12(16)2)17(20)21-3/h4-9,19H,10H2,1-3H3. The minimum Gasteiger partial charge on any atom is -0.465 e. The summed E-state index contributed by atoms with van der Waals surface area (Å²) in [7, 11) is 1.39. The van der Waals surface area contributed by atoms with Crippen LogP contribution in [0.1, 0.15) is 27.0 Å². The molecule has 0 saturated heterocycles. The molecule has 0 spiro atoms. The van der Waals surface area contributed by atoms with Crippen molar-refractivity contribution < 1.29 is 9.53 Å². The van der Waals surface area contributed by atoms with Gasteiger partial charge in [-0.3, -0.25) is 0 Å². The van der Waals surface area contributed by atoms with E-state index < -0.39 is 0 Å². The molecule has 0 aliphatic heterocycles. The average Bonchev–Trinajstić information content (AvgIpc) is 2.47. The van der Waals surface area contributed by atoms with Gasteiger partial charge in [0, 0.05) is 17.3 Å². The molecule has 0 bridgehead atoms. The monoisotopic (exact) mass is 303 g/mol. The average molecular weight is 304 g/mol. The molecule has 0 aliphatic rings. The van der Waals surface area contributed by atoms with Crippen molar-refractivity contribution in [2.45, 2.75) is 20.4 Å². The Morgan fingerprint density at radius 2 is 2.00 bits per heavy atom. The molecule has 3 nitrogen and oxygen atoms in total. The maximum Gasteiger partial charge on any atom is 0.338 e. The highest BCUT2D eigenvalue weighted by atomic mass is 35.5. The first-order chi connectivity index (χ1) is 10.0. The van der Waals surface area contributed by atoms with Gasteiger partial charge in [-0.05, 0) is 54.8 Å². The SMILES string of the molecule is COC(=O)c1cccc(NCc2ccc(Cl)cc2C)c1C. The molecule has 0 fully saturated rings. The summed E-state index contributed by atoms with van der Waals surface area (Å²) in [5.41, 5.74) is 4.69. The molecular weight excluding hydrogens is 286 g/mol. The third kappa shape index (κ3) is 3.56. The third-order valence-electron chi connectivity index (χ3n) is 3.51. The van der Waals surface area contributed by atoms with Crippen molar-refractivity contribution in [3.63, 3.8) is 0 Å². The van der Waals surface area contributed by atoms with E-state index in [1.165, 1.54) is 12.7 Å². The first kappa shape index (κ1) is 15.4. The van der Waals surface area contributed by atoms with Gasteiger partial charge in [-0.25, -0.2) is 4.79 Å². The maximum absolute atomic E-state index is 11.7. The highest BCUT2D eigenvalue weighted by Gasteiger charge is 2.11. The van der Waals surface area contributed by atoms with Gasteiger partial charge in [-0.2, -0.15) is 0 Å². The summed E-state index contributed by atoms with van der Waals surface area (Å²) in [5, 5.41) is 4.09. The number of halogens is 1. The number of benzene rings is 2. The molecular formula is C17H18ClNO2. The Labute approximate surface area is 129 Å². The smallest absolute Gasteiger partial charge is 0.338 e. The fourth-order valence-electron chi connectivity index (χ4n) is 2.21. The predicted octanol–water partition coefficient (Wildman–Crippen LogP) is 4.36. The number of hydrogen-bond donors (Lipinski definition) is 1. The van der Waals surface area contributed by atoms with E-state index in [2.05, 4.69) is 5.32 Å². The second kappa shape index (κ2) is 6.64. The lowest BCUT2D eigenvalue weighted by Gasteiger charge is -2.13. The van der Waals surface area contributed by atoms with Crippen LogP contribution >= 0.6 is 11.6 Å². The minimum atomic E-state index is -0.321. The van der Waals surface area contributed by atoms with Crippen LogP contribution in [0.4, 0.5) is 5.69 Å². The van der Waals surface area contributed by atoms with Gasteiger partial charge in [-0.15, -0.1) is 0 Å². The number of methoxy groups -OCH3 is 1. The highest BCUT2D eigenvalue weighted by molar-refractivity contribution is 6.30. The Balaban J connectivity index is 2.18. The lowest BCUT2D eigenvalue weighted by Crippen LogP contribution is -2.08. The lowest BCUT2D eigenvalue weighted by molar-refractivity contribution is 0.0600. The van der Waals surface area contributed by atoms with Crippen molar-refractivity contribution in [3.8, 4) is 0 Å². The molecule has 0 aromatic heterocycles. The third-order valence-corrected chi connectivity index (χ3v) is 3.75. The number of aryl methyl sites for hydroxylation is 1. The van der Waals surface area contributed by atoms with E-state index in [0.717, 1.165) is 21.8 Å². The number of carbonyl (C=O) groups is 1. The second-order valence-corrected chi connectivity index (χ2v) is 5.33. The van der Waals surface area contributed by atoms with Crippen molar-refractivity contribution in [3.05, 3.63) is 63.7 Å². The number of nitrogens with one attached hydrogen (secondary N) is 1. The number of rotatable bonds is 4. The molecule has 0 heterocycles. The number of carbonyl (C=O) groups excluding carboxylic acids is 1. The van der Waals surface area contributed by atoms with E-state index >= 15 is 0 Å². The molecule has 2 aromatic rings. The van der Waals surface area contributed by atoms with E-state index in [4.69, 9.17) is 16.3 Å². The van der Waals surface area contributed by atoms with Crippen LogP contribution < -0.4 is 5.32 Å². The van der Waals surface area contributed by atoms with Gasteiger partial charge < -0.3 is 10.1 Å². The first-order valence-corrected chi connectivity index (χ1v) is 7.07. The number of esters is 1. The van der Waals surface area contributed by atoms with E-state index in [1.807, 2.05) is 44.2 Å². The number of anilines is 1. The van der Waals surface area contributed by atoms with Gasteiger partial charge in [0.25, 0.3) is 0 Å². The molecule has 0 saturated carbocycles. The lowest BCUT2D eigenvalue weighted by atomic mass is 10.1. The van der Waals surface area contributed by atoms with Crippen LogP contribution in [0.25, 0.3) is 0 Å². The van der Waals surface area contributed by atoms with Gasteiger partial charge >= 0.3 is 5.97 Å². The predicted molar refractivity (Wildman–Crippen MR) is 86.0 cm³/mol. The van der Waals surface area contributed by atoms with Crippen LogP contribution in [0.5, 0.6) is 0 Å². The Morgan fingerprint density at radius 3 is 2.67 bits per heavy atom. The fourth-order valence-corrected chi connectivity index (χ4v) is 2.43. The zero-order valence-electron chi connectivity index (χ0n) is 12.4. The maximum atomic E-state index is 11.7. The summed E-state index contributed by atoms with van der Waals surface area (Å²) in [6.45, 7) is 4.61. The molecule has 0 unspecified atom stereocenters. The van der Waals surface area contributed by atoms with Crippen molar-refractivity contribution in [1.29, 1.82) is 0 Å². The largest absolute Gasteiger partial charge is 0.465 e. The number of ether oxygens (including phenoxy) is 1. The molecule has 2 rings (SSSR count). The summed E-state index contributed by atoms with van der Waals surface area (Å²) in [4.78, 5) is 11.7. The van der Waals surface area contributed by atoms with Crippen LogP contribution in [-0.4, -0.2) is 13.1 Å². The summed E-state index contributed by atoms with van der Waals surface area (Å²) < 4.78 is 4.79. The second-order valence-electron chi connectivity index (χ2n) is 4.89. The van der Waals surface area contributed by atoms with Gasteiger partial charge in [0.05, 0.1) is 12.7 Å². The van der Waals surface area contributed by atoms with E-state index in [-0.39, 0.29) is 5.97 Å². The first-order valence-electron chi connectivity index (χ1n) is 6.69. The van der Waals surface area contributed by atoms with Gasteiger partial charge in [0.2, 0.25) is 0 Å². The van der Waals surface area contributed by atoms with Crippen molar-refractivity contribution in [1.82, 2.24) is 0 Å². The molecule has 1 N–H and O–H groups in total. The topological polar surface area (TPSA) is 38.3 Å². The van der Waals surface area contributed by atoms with E-state index in [9.17, 15) is 4.79 Å². The van der Waals surface area contributed by atoms with Gasteiger partial charge in [0.15, 0.2) is 0 Å².